The number of ketones is 1. The maximum atomic E-state index is 10.9. The van der Waals surface area contributed by atoms with Crippen LogP contribution in [0.1, 0.15) is 25.7 Å². The largest absolute Gasteiger partial charge is 0.300 e. The van der Waals surface area contributed by atoms with Gasteiger partial charge in [0.15, 0.2) is 0 Å². The molecule has 1 unspecified atom stereocenters. The van der Waals surface area contributed by atoms with Crippen molar-refractivity contribution < 1.29 is 4.79 Å². The highest BCUT2D eigenvalue weighted by molar-refractivity contribution is 8.00. The van der Waals surface area contributed by atoms with E-state index in [0.717, 1.165) is 6.42 Å². The summed E-state index contributed by atoms with van der Waals surface area (Å²) in [5, 5.41) is 9.44. The minimum Gasteiger partial charge on any atom is -0.300 e. The third-order valence-corrected chi connectivity index (χ3v) is 4.41. The van der Waals surface area contributed by atoms with E-state index in [2.05, 4.69) is 6.07 Å². The summed E-state index contributed by atoms with van der Waals surface area (Å²) in [6.07, 6.45) is 3.38. The van der Waals surface area contributed by atoms with E-state index in [1.807, 2.05) is 11.8 Å². The predicted molar refractivity (Wildman–Crippen MR) is 47.8 cm³/mol. The van der Waals surface area contributed by atoms with Crippen molar-refractivity contribution in [2.24, 2.45) is 5.41 Å². The van der Waals surface area contributed by atoms with Crippen molar-refractivity contribution in [2.75, 3.05) is 5.75 Å². The van der Waals surface area contributed by atoms with Crippen molar-refractivity contribution in [3.05, 3.63) is 0 Å². The second kappa shape index (κ2) is 2.77. The van der Waals surface area contributed by atoms with Crippen LogP contribution in [0.2, 0.25) is 0 Å². The second-order valence-electron chi connectivity index (χ2n) is 3.66. The van der Waals surface area contributed by atoms with Gasteiger partial charge in [-0.05, 0) is 18.6 Å². The lowest BCUT2D eigenvalue weighted by Gasteiger charge is -2.38. The van der Waals surface area contributed by atoms with Gasteiger partial charge in [-0.25, -0.2) is 0 Å². The zero-order valence-electron chi connectivity index (χ0n) is 6.88. The molecule has 0 bridgehead atoms. The Kier molecular flexibility index (Phi) is 1.88. The smallest absolute Gasteiger partial charge is 0.136 e. The van der Waals surface area contributed by atoms with Crippen LogP contribution in [0.3, 0.4) is 0 Å². The molecule has 1 aliphatic carbocycles. The van der Waals surface area contributed by atoms with Crippen LogP contribution in [0.15, 0.2) is 0 Å². The normalized spacial score (nSPS) is 32.6. The van der Waals surface area contributed by atoms with E-state index in [0.29, 0.717) is 18.1 Å². The van der Waals surface area contributed by atoms with Gasteiger partial charge < -0.3 is 0 Å². The quantitative estimate of drug-likeness (QED) is 0.619. The summed E-state index contributed by atoms with van der Waals surface area (Å²) in [5.74, 6) is 1.44. The maximum Gasteiger partial charge on any atom is 0.136 e. The minimum absolute atomic E-state index is 0.266. The van der Waals surface area contributed by atoms with Crippen LogP contribution >= 0.6 is 11.8 Å². The van der Waals surface area contributed by atoms with Crippen molar-refractivity contribution in [3.8, 4) is 6.07 Å². The molecule has 0 spiro atoms. The zero-order chi connectivity index (χ0) is 8.60. The molecule has 64 valence electrons. The van der Waals surface area contributed by atoms with Gasteiger partial charge in [0.1, 0.15) is 5.78 Å². The molecule has 3 heteroatoms. The van der Waals surface area contributed by atoms with Gasteiger partial charge in [-0.3, -0.25) is 4.79 Å². The molecule has 0 aromatic carbocycles. The molecule has 0 aromatic rings. The first-order valence-corrected chi connectivity index (χ1v) is 5.36. The molecule has 1 saturated heterocycles. The van der Waals surface area contributed by atoms with Crippen LogP contribution in [-0.2, 0) is 4.79 Å². The van der Waals surface area contributed by atoms with Crippen molar-refractivity contribution in [2.45, 2.75) is 30.9 Å². The summed E-state index contributed by atoms with van der Waals surface area (Å²) in [7, 11) is 0. The van der Waals surface area contributed by atoms with Crippen molar-refractivity contribution in [1.82, 2.24) is 0 Å². The fourth-order valence-electron chi connectivity index (χ4n) is 2.04. The Morgan fingerprint density at radius 1 is 1.58 bits per heavy atom. The number of rotatable bonds is 1. The molecular weight excluding hydrogens is 170 g/mol. The average Bonchev–Trinajstić information content (AvgIpc) is 2.50. The maximum absolute atomic E-state index is 10.9. The number of carbonyl (C=O) groups is 1. The van der Waals surface area contributed by atoms with Gasteiger partial charge in [0.05, 0.1) is 11.5 Å². The molecule has 1 heterocycles. The lowest BCUT2D eigenvalue weighted by molar-refractivity contribution is -0.129. The molecule has 1 aliphatic heterocycles. The first-order chi connectivity index (χ1) is 5.77. The zero-order valence-corrected chi connectivity index (χ0v) is 7.69. The van der Waals surface area contributed by atoms with E-state index in [4.69, 9.17) is 5.26 Å². The molecule has 2 fully saturated rings. The summed E-state index contributed by atoms with van der Waals surface area (Å²) in [6.45, 7) is 0. The number of carbonyl (C=O) groups excluding carboxylic acids is 1. The fraction of sp³-hybridized carbons (Fsp3) is 0.778. The van der Waals surface area contributed by atoms with Gasteiger partial charge in [-0.15, -0.1) is 0 Å². The SMILES string of the molecule is N#CC1(C2CCCS2)CC(=O)C1. The van der Waals surface area contributed by atoms with Crippen LogP contribution in [0.5, 0.6) is 0 Å². The van der Waals surface area contributed by atoms with Gasteiger partial charge in [0.2, 0.25) is 0 Å². The summed E-state index contributed by atoms with van der Waals surface area (Å²) in [4.78, 5) is 10.9. The van der Waals surface area contributed by atoms with Crippen molar-refractivity contribution in [3.63, 3.8) is 0 Å². The fourth-order valence-corrected chi connectivity index (χ4v) is 3.53. The summed E-state index contributed by atoms with van der Waals surface area (Å²) in [5.41, 5.74) is -0.266. The molecule has 2 aliphatic rings. The lowest BCUT2D eigenvalue weighted by Crippen LogP contribution is -2.43. The highest BCUT2D eigenvalue weighted by Crippen LogP contribution is 2.49. The van der Waals surface area contributed by atoms with Gasteiger partial charge in [-0.1, -0.05) is 0 Å². The highest BCUT2D eigenvalue weighted by atomic mass is 32.2. The Morgan fingerprint density at radius 3 is 2.75 bits per heavy atom. The van der Waals surface area contributed by atoms with E-state index < -0.39 is 0 Å². The van der Waals surface area contributed by atoms with E-state index in [1.54, 1.807) is 0 Å². The molecule has 0 radical (unpaired) electrons. The van der Waals surface area contributed by atoms with Gasteiger partial charge in [-0.2, -0.15) is 17.0 Å². The third-order valence-electron chi connectivity index (χ3n) is 2.79. The molecule has 0 N–H and O–H groups in total. The number of Topliss-reactive ketones (excluding diaryl/α,β-unsaturated/α-hetero) is 1. The molecule has 2 nitrogen and oxygen atoms in total. The Bertz CT molecular complexity index is 242. The van der Waals surface area contributed by atoms with Gasteiger partial charge >= 0.3 is 0 Å². The molecule has 0 aromatic heterocycles. The molecule has 1 saturated carbocycles. The molecule has 2 rings (SSSR count). The monoisotopic (exact) mass is 181 g/mol. The van der Waals surface area contributed by atoms with Crippen LogP contribution in [0.4, 0.5) is 0 Å². The van der Waals surface area contributed by atoms with Crippen LogP contribution < -0.4 is 0 Å². The number of thioether (sulfide) groups is 1. The Labute approximate surface area is 76.3 Å². The molecule has 1 atom stereocenters. The Hall–Kier alpha value is -0.490. The highest BCUT2D eigenvalue weighted by Gasteiger charge is 2.50. The lowest BCUT2D eigenvalue weighted by atomic mass is 9.66. The first-order valence-electron chi connectivity index (χ1n) is 4.31. The van der Waals surface area contributed by atoms with Crippen LogP contribution in [0, 0.1) is 16.7 Å². The topological polar surface area (TPSA) is 40.9 Å². The van der Waals surface area contributed by atoms with E-state index in [9.17, 15) is 4.79 Å². The number of hydrogen-bond acceptors (Lipinski definition) is 3. The van der Waals surface area contributed by atoms with E-state index in [-0.39, 0.29) is 11.2 Å². The van der Waals surface area contributed by atoms with Crippen LogP contribution in [0.25, 0.3) is 0 Å². The van der Waals surface area contributed by atoms with Gasteiger partial charge in [0, 0.05) is 18.1 Å². The second-order valence-corrected chi connectivity index (χ2v) is 4.97. The predicted octanol–water partition coefficient (Wildman–Crippen LogP) is 1.75. The average molecular weight is 181 g/mol. The van der Waals surface area contributed by atoms with Crippen molar-refractivity contribution >= 4 is 17.5 Å². The summed E-state index contributed by atoms with van der Waals surface area (Å²) < 4.78 is 0. The van der Waals surface area contributed by atoms with Gasteiger partial charge in [0.25, 0.3) is 0 Å². The van der Waals surface area contributed by atoms with Crippen molar-refractivity contribution in [1.29, 1.82) is 5.26 Å². The first kappa shape index (κ1) is 8.12. The third kappa shape index (κ3) is 1.06. The molecule has 12 heavy (non-hydrogen) atoms. The number of nitriles is 1. The summed E-state index contributed by atoms with van der Waals surface area (Å²) >= 11 is 1.88. The minimum atomic E-state index is -0.266. The van der Waals surface area contributed by atoms with Crippen LogP contribution in [-0.4, -0.2) is 16.8 Å². The molecular formula is C9H11NOS. The Morgan fingerprint density at radius 2 is 2.33 bits per heavy atom. The Balaban J connectivity index is 2.09. The van der Waals surface area contributed by atoms with E-state index in [1.165, 1.54) is 12.2 Å². The number of hydrogen-bond donors (Lipinski definition) is 0. The number of nitrogens with zero attached hydrogens (tertiary/aromatic N) is 1. The van der Waals surface area contributed by atoms with E-state index >= 15 is 0 Å². The standard InChI is InChI=1S/C9H11NOS/c10-6-9(4-7(11)5-9)8-2-1-3-12-8/h8H,1-5H2. The molecule has 0 amide bonds. The summed E-state index contributed by atoms with van der Waals surface area (Å²) in [6, 6.07) is 2.35.